The van der Waals surface area contributed by atoms with Crippen LogP contribution in [-0.2, 0) is 9.31 Å². The molecule has 0 spiro atoms. The Morgan fingerprint density at radius 3 is 2.33 bits per heavy atom. The normalized spacial score (nSPS) is 20.6. The third kappa shape index (κ3) is 3.76. The Morgan fingerprint density at radius 2 is 1.81 bits per heavy atom. The third-order valence-corrected chi connectivity index (χ3v) is 3.86. The fraction of sp³-hybridized carbons (Fsp3) is 0.667. The average Bonchev–Trinajstić information content (AvgIpc) is 2.56. The first-order valence-corrected chi connectivity index (χ1v) is 7.17. The van der Waals surface area contributed by atoms with Gasteiger partial charge in [-0.15, -0.1) is 0 Å². The van der Waals surface area contributed by atoms with Crippen molar-refractivity contribution >= 4 is 12.6 Å². The van der Waals surface area contributed by atoms with E-state index in [1.807, 2.05) is 33.8 Å². The second kappa shape index (κ2) is 5.27. The molecule has 5 nitrogen and oxygen atoms in total. The summed E-state index contributed by atoms with van der Waals surface area (Å²) in [6.07, 6.45) is 1.65. The first-order valence-electron chi connectivity index (χ1n) is 7.17. The van der Waals surface area contributed by atoms with Crippen molar-refractivity contribution in [2.75, 3.05) is 6.61 Å². The van der Waals surface area contributed by atoms with Crippen molar-refractivity contribution in [2.24, 2.45) is 0 Å². The van der Waals surface area contributed by atoms with Gasteiger partial charge in [0.05, 0.1) is 16.8 Å². The van der Waals surface area contributed by atoms with Crippen LogP contribution in [0.25, 0.3) is 0 Å². The van der Waals surface area contributed by atoms with E-state index in [9.17, 15) is 5.11 Å². The van der Waals surface area contributed by atoms with Crippen LogP contribution in [-0.4, -0.2) is 40.6 Å². The van der Waals surface area contributed by atoms with E-state index in [2.05, 4.69) is 4.98 Å². The molecule has 21 heavy (non-hydrogen) atoms. The van der Waals surface area contributed by atoms with E-state index in [0.717, 1.165) is 5.46 Å². The molecule has 2 heterocycles. The molecule has 0 aliphatic carbocycles. The first-order chi connectivity index (χ1) is 9.50. The smallest absolute Gasteiger partial charge is 0.475 e. The van der Waals surface area contributed by atoms with E-state index in [1.54, 1.807) is 26.1 Å². The van der Waals surface area contributed by atoms with E-state index in [0.29, 0.717) is 5.88 Å². The number of aliphatic hydroxyl groups is 1. The zero-order chi connectivity index (χ0) is 15.9. The average molecular weight is 293 g/mol. The quantitative estimate of drug-likeness (QED) is 0.853. The molecule has 0 atom stereocenters. The largest absolute Gasteiger partial charge is 0.495 e. The molecule has 0 bridgehead atoms. The van der Waals surface area contributed by atoms with Crippen molar-refractivity contribution in [2.45, 2.75) is 58.3 Å². The van der Waals surface area contributed by atoms with Crippen LogP contribution >= 0.6 is 0 Å². The molecule has 0 saturated carbocycles. The van der Waals surface area contributed by atoms with Crippen molar-refractivity contribution in [3.8, 4) is 5.88 Å². The maximum Gasteiger partial charge on any atom is 0.495 e. The zero-order valence-corrected chi connectivity index (χ0v) is 13.6. The Labute approximate surface area is 126 Å². The summed E-state index contributed by atoms with van der Waals surface area (Å²) < 4.78 is 17.5. The van der Waals surface area contributed by atoms with Gasteiger partial charge in [-0.3, -0.25) is 0 Å². The fourth-order valence-corrected chi connectivity index (χ4v) is 1.88. The number of nitrogens with zero attached hydrogens (tertiary/aromatic N) is 1. The molecule has 1 saturated heterocycles. The van der Waals surface area contributed by atoms with Gasteiger partial charge in [0.25, 0.3) is 0 Å². The van der Waals surface area contributed by atoms with E-state index in [4.69, 9.17) is 14.0 Å². The van der Waals surface area contributed by atoms with Crippen LogP contribution < -0.4 is 10.2 Å². The molecule has 1 aliphatic rings. The Balaban J connectivity index is 2.12. The first kappa shape index (κ1) is 16.3. The van der Waals surface area contributed by atoms with Crippen molar-refractivity contribution < 1.29 is 19.2 Å². The van der Waals surface area contributed by atoms with Gasteiger partial charge in [-0.05, 0) is 53.1 Å². The van der Waals surface area contributed by atoms with Crippen LogP contribution in [0.1, 0.15) is 41.5 Å². The summed E-state index contributed by atoms with van der Waals surface area (Å²) in [6, 6.07) is 3.63. The SMILES string of the molecule is CC(C)(O)COc1cc(B2OC(C)(C)C(C)(C)O2)ccn1. The molecule has 0 aromatic carbocycles. The number of pyridine rings is 1. The lowest BCUT2D eigenvalue weighted by molar-refractivity contribution is 0.00578. The van der Waals surface area contributed by atoms with Crippen LogP contribution in [0.15, 0.2) is 18.3 Å². The van der Waals surface area contributed by atoms with Crippen LogP contribution in [0.2, 0.25) is 0 Å². The molecule has 0 amide bonds. The lowest BCUT2D eigenvalue weighted by Crippen LogP contribution is -2.41. The summed E-state index contributed by atoms with van der Waals surface area (Å²) in [4.78, 5) is 4.14. The molecule has 1 fully saturated rings. The summed E-state index contributed by atoms with van der Waals surface area (Å²) in [7, 11) is -0.442. The molecular weight excluding hydrogens is 269 g/mol. The predicted molar refractivity (Wildman–Crippen MR) is 81.7 cm³/mol. The predicted octanol–water partition coefficient (Wildman–Crippen LogP) is 1.53. The van der Waals surface area contributed by atoms with Crippen molar-refractivity contribution in [1.29, 1.82) is 0 Å². The van der Waals surface area contributed by atoms with Gasteiger partial charge in [0.1, 0.15) is 6.61 Å². The van der Waals surface area contributed by atoms with Gasteiger partial charge in [0, 0.05) is 12.3 Å². The summed E-state index contributed by atoms with van der Waals surface area (Å²) in [5.41, 5.74) is -0.805. The summed E-state index contributed by atoms with van der Waals surface area (Å²) in [5, 5.41) is 9.69. The van der Waals surface area contributed by atoms with Gasteiger partial charge < -0.3 is 19.2 Å². The minimum Gasteiger partial charge on any atom is -0.475 e. The second-order valence-electron chi connectivity index (χ2n) is 7.12. The Hall–Kier alpha value is -1.11. The molecular formula is C15H24BNO4. The van der Waals surface area contributed by atoms with Crippen LogP contribution in [0.3, 0.4) is 0 Å². The lowest BCUT2D eigenvalue weighted by atomic mass is 9.80. The van der Waals surface area contributed by atoms with Crippen molar-refractivity contribution in [3.05, 3.63) is 18.3 Å². The minimum absolute atomic E-state index is 0.173. The molecule has 116 valence electrons. The fourth-order valence-electron chi connectivity index (χ4n) is 1.88. The molecule has 2 rings (SSSR count). The molecule has 1 aromatic rings. The zero-order valence-electron chi connectivity index (χ0n) is 13.6. The van der Waals surface area contributed by atoms with E-state index in [1.165, 1.54) is 0 Å². The van der Waals surface area contributed by atoms with Gasteiger partial charge in [-0.1, -0.05) is 0 Å². The number of hydrogen-bond acceptors (Lipinski definition) is 5. The minimum atomic E-state index is -0.901. The van der Waals surface area contributed by atoms with Gasteiger partial charge in [-0.25, -0.2) is 4.98 Å². The molecule has 1 aromatic heterocycles. The van der Waals surface area contributed by atoms with Crippen molar-refractivity contribution in [3.63, 3.8) is 0 Å². The van der Waals surface area contributed by atoms with E-state index >= 15 is 0 Å². The highest BCUT2D eigenvalue weighted by Crippen LogP contribution is 2.36. The molecule has 1 N–H and O–H groups in total. The maximum atomic E-state index is 9.69. The monoisotopic (exact) mass is 293 g/mol. The molecule has 1 aliphatic heterocycles. The highest BCUT2D eigenvalue weighted by atomic mass is 16.7. The molecule has 6 heteroatoms. The highest BCUT2D eigenvalue weighted by Gasteiger charge is 2.51. The second-order valence-corrected chi connectivity index (χ2v) is 7.12. The number of aromatic nitrogens is 1. The summed E-state index contributed by atoms with van der Waals surface area (Å²) >= 11 is 0. The number of ether oxygens (including phenoxy) is 1. The lowest BCUT2D eigenvalue weighted by Gasteiger charge is -2.32. The molecule has 0 radical (unpaired) electrons. The Morgan fingerprint density at radius 1 is 1.24 bits per heavy atom. The summed E-state index contributed by atoms with van der Waals surface area (Å²) in [5.74, 6) is 0.448. The third-order valence-electron chi connectivity index (χ3n) is 3.86. The Kier molecular flexibility index (Phi) is 4.08. The topological polar surface area (TPSA) is 60.8 Å². The van der Waals surface area contributed by atoms with Gasteiger partial charge in [0.15, 0.2) is 0 Å². The van der Waals surface area contributed by atoms with E-state index in [-0.39, 0.29) is 17.8 Å². The van der Waals surface area contributed by atoms with Crippen molar-refractivity contribution in [1.82, 2.24) is 4.98 Å². The Bertz CT molecular complexity index is 495. The maximum absolute atomic E-state index is 9.69. The van der Waals surface area contributed by atoms with Crippen LogP contribution in [0.5, 0.6) is 5.88 Å². The summed E-state index contributed by atoms with van der Waals surface area (Å²) in [6.45, 7) is 11.6. The standard InChI is InChI=1S/C15H24BNO4/c1-13(2,18)10-19-12-9-11(7-8-17-12)16-20-14(3,4)15(5,6)21-16/h7-9,18H,10H2,1-6H3. The van der Waals surface area contributed by atoms with Gasteiger partial charge in [-0.2, -0.15) is 0 Å². The number of hydrogen-bond donors (Lipinski definition) is 1. The molecule has 0 unspecified atom stereocenters. The van der Waals surface area contributed by atoms with Crippen LogP contribution in [0, 0.1) is 0 Å². The van der Waals surface area contributed by atoms with Gasteiger partial charge in [0.2, 0.25) is 5.88 Å². The van der Waals surface area contributed by atoms with Gasteiger partial charge >= 0.3 is 7.12 Å². The van der Waals surface area contributed by atoms with E-state index < -0.39 is 12.7 Å². The highest BCUT2D eigenvalue weighted by molar-refractivity contribution is 6.62. The number of rotatable bonds is 4. The van der Waals surface area contributed by atoms with Crippen LogP contribution in [0.4, 0.5) is 0 Å².